The van der Waals surface area contributed by atoms with Crippen molar-refractivity contribution in [3.05, 3.63) is 53.7 Å². The first-order valence-corrected chi connectivity index (χ1v) is 9.20. The predicted octanol–water partition coefficient (Wildman–Crippen LogP) is 2.88. The van der Waals surface area contributed by atoms with Gasteiger partial charge in [0.15, 0.2) is 5.82 Å². The van der Waals surface area contributed by atoms with Gasteiger partial charge in [0.05, 0.1) is 10.6 Å². The molecule has 1 aliphatic carbocycles. The van der Waals surface area contributed by atoms with Gasteiger partial charge in [0.2, 0.25) is 5.82 Å². The maximum absolute atomic E-state index is 12.5. The number of benzene rings is 1. The summed E-state index contributed by atoms with van der Waals surface area (Å²) >= 11 is 1.57. The van der Waals surface area contributed by atoms with Gasteiger partial charge in [-0.25, -0.2) is 9.67 Å². The van der Waals surface area contributed by atoms with Crippen LogP contribution in [-0.2, 0) is 0 Å². The Balaban J connectivity index is 0.00000196. The van der Waals surface area contributed by atoms with Gasteiger partial charge in [-0.15, -0.1) is 28.8 Å². The molecule has 1 fully saturated rings. The number of hydrogen-bond donors (Lipinski definition) is 2. The number of halogens is 1. The highest BCUT2D eigenvalue weighted by atomic mass is 35.5. The Morgan fingerprint density at radius 3 is 2.69 bits per heavy atom. The first kappa shape index (κ1) is 18.6. The average molecular weight is 390 g/mol. The number of carbonyl (C=O) groups is 1. The molecule has 8 heteroatoms. The first-order valence-electron chi connectivity index (χ1n) is 8.32. The van der Waals surface area contributed by atoms with Gasteiger partial charge < -0.3 is 11.1 Å². The number of nitrogens with zero attached hydrogens (tertiary/aromatic N) is 3. The van der Waals surface area contributed by atoms with E-state index in [1.165, 1.54) is 0 Å². The van der Waals surface area contributed by atoms with Crippen molar-refractivity contribution in [2.24, 2.45) is 11.7 Å². The zero-order valence-electron chi connectivity index (χ0n) is 14.0. The van der Waals surface area contributed by atoms with E-state index in [2.05, 4.69) is 15.4 Å². The summed E-state index contributed by atoms with van der Waals surface area (Å²) < 4.78 is 1.71. The van der Waals surface area contributed by atoms with Crippen LogP contribution in [0.15, 0.2) is 47.8 Å². The highest BCUT2D eigenvalue weighted by molar-refractivity contribution is 7.13. The monoisotopic (exact) mass is 389 g/mol. The summed E-state index contributed by atoms with van der Waals surface area (Å²) in [6.07, 6.45) is 2.31. The number of hydrogen-bond acceptors (Lipinski definition) is 5. The predicted molar refractivity (Wildman–Crippen MR) is 105 cm³/mol. The molecular weight excluding hydrogens is 370 g/mol. The smallest absolute Gasteiger partial charge is 0.291 e. The molecule has 0 saturated heterocycles. The Morgan fingerprint density at radius 2 is 2.04 bits per heavy atom. The molecule has 1 amide bonds. The molecule has 3 aromatic rings. The minimum Gasteiger partial charge on any atom is -0.348 e. The summed E-state index contributed by atoms with van der Waals surface area (Å²) in [7, 11) is 0. The van der Waals surface area contributed by atoms with Gasteiger partial charge in [-0.05, 0) is 42.3 Å². The van der Waals surface area contributed by atoms with Crippen LogP contribution in [0.25, 0.3) is 16.4 Å². The third-order valence-corrected chi connectivity index (χ3v) is 5.14. The number of amides is 1. The molecule has 3 N–H and O–H groups in total. The fraction of sp³-hybridized carbons (Fsp3) is 0.278. The molecule has 1 aromatic carbocycles. The van der Waals surface area contributed by atoms with E-state index in [-0.39, 0.29) is 30.2 Å². The number of nitrogens with one attached hydrogen (secondary N) is 1. The first-order chi connectivity index (χ1) is 12.2. The van der Waals surface area contributed by atoms with Gasteiger partial charge in [0.1, 0.15) is 0 Å². The fourth-order valence-corrected chi connectivity index (χ4v) is 3.40. The minimum atomic E-state index is -0.288. The van der Waals surface area contributed by atoms with E-state index in [9.17, 15) is 4.79 Å². The maximum Gasteiger partial charge on any atom is 0.291 e. The van der Waals surface area contributed by atoms with E-state index in [1.54, 1.807) is 16.0 Å². The van der Waals surface area contributed by atoms with Crippen LogP contribution in [0.4, 0.5) is 0 Å². The molecule has 2 aromatic heterocycles. The van der Waals surface area contributed by atoms with Gasteiger partial charge >= 0.3 is 0 Å². The van der Waals surface area contributed by atoms with Crippen molar-refractivity contribution in [3.63, 3.8) is 0 Å². The Kier molecular flexibility index (Phi) is 5.70. The third-order valence-electron chi connectivity index (χ3n) is 4.28. The third kappa shape index (κ3) is 3.95. The number of para-hydroxylation sites is 1. The average Bonchev–Trinajstić information content (AvgIpc) is 3.18. The van der Waals surface area contributed by atoms with E-state index in [4.69, 9.17) is 5.73 Å². The van der Waals surface area contributed by atoms with E-state index < -0.39 is 0 Å². The molecular formula is C18H20ClN5OS. The van der Waals surface area contributed by atoms with Gasteiger partial charge in [-0.3, -0.25) is 4.79 Å². The molecule has 0 bridgehead atoms. The second-order valence-electron chi connectivity index (χ2n) is 6.19. The van der Waals surface area contributed by atoms with Crippen molar-refractivity contribution >= 4 is 29.7 Å². The van der Waals surface area contributed by atoms with Crippen molar-refractivity contribution in [1.29, 1.82) is 0 Å². The lowest BCUT2D eigenvalue weighted by Crippen LogP contribution is -2.38. The number of nitrogens with two attached hydrogens (primary N) is 1. The highest BCUT2D eigenvalue weighted by Gasteiger charge is 2.29. The van der Waals surface area contributed by atoms with Crippen LogP contribution in [-0.4, -0.2) is 33.3 Å². The molecule has 1 atom stereocenters. The van der Waals surface area contributed by atoms with Crippen molar-refractivity contribution < 1.29 is 4.79 Å². The second-order valence-corrected chi connectivity index (χ2v) is 7.14. The summed E-state index contributed by atoms with van der Waals surface area (Å²) in [6.45, 7) is 0.456. The van der Waals surface area contributed by atoms with Gasteiger partial charge in [-0.1, -0.05) is 24.3 Å². The Labute approximate surface area is 161 Å². The van der Waals surface area contributed by atoms with Crippen LogP contribution in [0.2, 0.25) is 0 Å². The van der Waals surface area contributed by atoms with Crippen molar-refractivity contribution in [2.75, 3.05) is 6.54 Å². The largest absolute Gasteiger partial charge is 0.348 e. The normalized spacial score (nSPS) is 14.5. The highest BCUT2D eigenvalue weighted by Crippen LogP contribution is 2.31. The summed E-state index contributed by atoms with van der Waals surface area (Å²) in [6, 6.07) is 13.6. The van der Waals surface area contributed by atoms with E-state index in [0.29, 0.717) is 18.3 Å². The molecule has 6 nitrogen and oxygen atoms in total. The molecule has 1 saturated carbocycles. The Morgan fingerprint density at radius 1 is 1.27 bits per heavy atom. The van der Waals surface area contributed by atoms with E-state index in [0.717, 1.165) is 23.4 Å². The van der Waals surface area contributed by atoms with E-state index in [1.807, 2.05) is 47.8 Å². The molecule has 26 heavy (non-hydrogen) atoms. The number of aromatic nitrogens is 3. The quantitative estimate of drug-likeness (QED) is 0.678. The summed E-state index contributed by atoms with van der Waals surface area (Å²) in [4.78, 5) is 17.9. The molecule has 4 rings (SSSR count). The molecule has 2 heterocycles. The van der Waals surface area contributed by atoms with Gasteiger partial charge in [0, 0.05) is 12.6 Å². The van der Waals surface area contributed by atoms with Crippen LogP contribution in [0, 0.1) is 5.92 Å². The summed E-state index contributed by atoms with van der Waals surface area (Å²) in [5, 5.41) is 9.27. The minimum absolute atomic E-state index is 0. The molecule has 0 spiro atoms. The van der Waals surface area contributed by atoms with Crippen LogP contribution in [0.3, 0.4) is 0 Å². The maximum atomic E-state index is 12.5. The molecule has 0 radical (unpaired) electrons. The Bertz CT molecular complexity index is 861. The lowest BCUT2D eigenvalue weighted by molar-refractivity contribution is 0.0940. The topological polar surface area (TPSA) is 85.8 Å². The number of rotatable bonds is 6. The summed E-state index contributed by atoms with van der Waals surface area (Å²) in [5.41, 5.74) is 6.92. The van der Waals surface area contributed by atoms with Crippen molar-refractivity contribution in [3.8, 4) is 16.4 Å². The molecule has 1 unspecified atom stereocenters. The Hall–Kier alpha value is -2.22. The van der Waals surface area contributed by atoms with Crippen LogP contribution >= 0.6 is 23.7 Å². The standard InChI is InChI=1S/C18H19N5OS.ClH/c19-14(12-8-9-12)11-20-18(24)16-21-17(15-7-4-10-25-15)23(22-16)13-5-2-1-3-6-13;/h1-7,10,12,14H,8-9,11,19H2,(H,20,24);1H. The zero-order chi connectivity index (χ0) is 17.2. The van der Waals surface area contributed by atoms with Crippen LogP contribution in [0.5, 0.6) is 0 Å². The van der Waals surface area contributed by atoms with E-state index >= 15 is 0 Å². The van der Waals surface area contributed by atoms with Gasteiger partial charge in [-0.2, -0.15) is 0 Å². The lowest BCUT2D eigenvalue weighted by atomic mass is 10.2. The SMILES string of the molecule is Cl.NC(CNC(=O)c1nc(-c2cccs2)n(-c2ccccc2)n1)C1CC1. The second kappa shape index (κ2) is 7.99. The van der Waals surface area contributed by atoms with Crippen molar-refractivity contribution in [2.45, 2.75) is 18.9 Å². The van der Waals surface area contributed by atoms with Gasteiger partial charge in [0.25, 0.3) is 5.91 Å². The van der Waals surface area contributed by atoms with Crippen LogP contribution < -0.4 is 11.1 Å². The number of thiophene rings is 1. The molecule has 0 aliphatic heterocycles. The van der Waals surface area contributed by atoms with Crippen LogP contribution in [0.1, 0.15) is 23.5 Å². The van der Waals surface area contributed by atoms with Crippen molar-refractivity contribution in [1.82, 2.24) is 20.1 Å². The molecule has 1 aliphatic rings. The fourth-order valence-electron chi connectivity index (χ4n) is 2.70. The number of carbonyl (C=O) groups excluding carboxylic acids is 1. The molecule has 136 valence electrons. The summed E-state index contributed by atoms with van der Waals surface area (Å²) in [5.74, 6) is 1.08. The zero-order valence-corrected chi connectivity index (χ0v) is 15.7. The lowest BCUT2D eigenvalue weighted by Gasteiger charge is -2.09.